The fourth-order valence-corrected chi connectivity index (χ4v) is 3.25. The third-order valence-electron chi connectivity index (χ3n) is 3.31. The van der Waals surface area contributed by atoms with E-state index in [2.05, 4.69) is 27.9 Å². The molecular weight excluding hydrogens is 471 g/mol. The van der Waals surface area contributed by atoms with Gasteiger partial charge in [-0.2, -0.15) is 0 Å². The minimum Gasteiger partial charge on any atom is -0.452 e. The number of esters is 1. The van der Waals surface area contributed by atoms with Gasteiger partial charge in [0.05, 0.1) is 10.5 Å². The van der Waals surface area contributed by atoms with Gasteiger partial charge >= 0.3 is 5.97 Å². The topological polar surface area (TPSA) is 92.8 Å². The summed E-state index contributed by atoms with van der Waals surface area (Å²) >= 11 is 2.15. The van der Waals surface area contributed by atoms with Gasteiger partial charge in [0, 0.05) is 23.4 Å². The average molecular weight is 488 g/mol. The van der Waals surface area contributed by atoms with Crippen LogP contribution in [0.2, 0.25) is 0 Å². The molecule has 0 unspecified atom stereocenters. The Balaban J connectivity index is 1.99. The van der Waals surface area contributed by atoms with Crippen LogP contribution in [0.15, 0.2) is 53.4 Å². The molecular formula is C17H17IN2O5S. The maximum absolute atomic E-state index is 12.1. The molecule has 0 bridgehead atoms. The molecule has 0 saturated carbocycles. The van der Waals surface area contributed by atoms with Crippen LogP contribution in [0.25, 0.3) is 0 Å². The van der Waals surface area contributed by atoms with E-state index in [1.165, 1.54) is 38.4 Å². The van der Waals surface area contributed by atoms with Crippen molar-refractivity contribution < 1.29 is 22.7 Å². The second-order valence-corrected chi connectivity index (χ2v) is 8.84. The van der Waals surface area contributed by atoms with Crippen LogP contribution in [0.5, 0.6) is 0 Å². The molecule has 0 aliphatic heterocycles. The molecule has 1 amide bonds. The summed E-state index contributed by atoms with van der Waals surface area (Å²) in [6.07, 6.45) is 0. The molecule has 0 spiro atoms. The van der Waals surface area contributed by atoms with Gasteiger partial charge < -0.3 is 10.1 Å². The number of benzene rings is 2. The van der Waals surface area contributed by atoms with Gasteiger partial charge in [-0.3, -0.25) is 4.79 Å². The largest absolute Gasteiger partial charge is 0.452 e. The molecule has 1 N–H and O–H groups in total. The van der Waals surface area contributed by atoms with Crippen LogP contribution in [0.4, 0.5) is 5.69 Å². The van der Waals surface area contributed by atoms with Crippen molar-refractivity contribution in [1.82, 2.24) is 4.31 Å². The number of halogens is 1. The lowest BCUT2D eigenvalue weighted by atomic mass is 10.2. The predicted molar refractivity (Wildman–Crippen MR) is 105 cm³/mol. The molecule has 0 aromatic heterocycles. The number of ether oxygens (including phenoxy) is 1. The molecule has 2 rings (SSSR count). The number of hydrogen-bond acceptors (Lipinski definition) is 5. The molecule has 0 fully saturated rings. The van der Waals surface area contributed by atoms with Gasteiger partial charge in [0.2, 0.25) is 10.0 Å². The first-order chi connectivity index (χ1) is 12.2. The third-order valence-corrected chi connectivity index (χ3v) is 5.84. The summed E-state index contributed by atoms with van der Waals surface area (Å²) in [7, 11) is -0.867. The lowest BCUT2D eigenvalue weighted by Crippen LogP contribution is -2.23. The monoisotopic (exact) mass is 488 g/mol. The Morgan fingerprint density at radius 3 is 2.38 bits per heavy atom. The van der Waals surface area contributed by atoms with Crippen molar-refractivity contribution in [1.29, 1.82) is 0 Å². The van der Waals surface area contributed by atoms with Crippen molar-refractivity contribution in [2.45, 2.75) is 4.90 Å². The quantitative estimate of drug-likeness (QED) is 0.498. The number of nitrogens with zero attached hydrogens (tertiary/aromatic N) is 1. The summed E-state index contributed by atoms with van der Waals surface area (Å²) in [5, 5.41) is 2.60. The van der Waals surface area contributed by atoms with Gasteiger partial charge in [0.25, 0.3) is 5.91 Å². The zero-order valence-electron chi connectivity index (χ0n) is 14.1. The Morgan fingerprint density at radius 2 is 1.77 bits per heavy atom. The van der Waals surface area contributed by atoms with Crippen molar-refractivity contribution in [2.75, 3.05) is 26.0 Å². The maximum Gasteiger partial charge on any atom is 0.338 e. The number of carbonyl (C=O) groups excluding carboxylic acids is 2. The van der Waals surface area contributed by atoms with E-state index >= 15 is 0 Å². The molecule has 2 aromatic carbocycles. The Morgan fingerprint density at radius 1 is 1.12 bits per heavy atom. The highest BCUT2D eigenvalue weighted by Gasteiger charge is 2.19. The predicted octanol–water partition coefficient (Wildman–Crippen LogP) is 2.34. The first-order valence-electron chi connectivity index (χ1n) is 7.45. The van der Waals surface area contributed by atoms with Crippen LogP contribution in [0, 0.1) is 3.57 Å². The van der Waals surface area contributed by atoms with Crippen molar-refractivity contribution in [2.24, 2.45) is 0 Å². The summed E-state index contributed by atoms with van der Waals surface area (Å²) in [5.41, 5.74) is 0.639. The van der Waals surface area contributed by atoms with Gasteiger partial charge in [-0.1, -0.05) is 6.07 Å². The summed E-state index contributed by atoms with van der Waals surface area (Å²) in [5.74, 6) is -1.27. The Bertz CT molecular complexity index is 911. The van der Waals surface area contributed by atoms with Crippen molar-refractivity contribution in [3.05, 3.63) is 57.7 Å². The van der Waals surface area contributed by atoms with Crippen LogP contribution in [0.3, 0.4) is 0 Å². The first-order valence-corrected chi connectivity index (χ1v) is 9.97. The number of anilines is 1. The van der Waals surface area contributed by atoms with E-state index in [1.807, 2.05) is 12.1 Å². The van der Waals surface area contributed by atoms with Gasteiger partial charge in [-0.05, 0) is 65.1 Å². The zero-order chi connectivity index (χ0) is 19.3. The van der Waals surface area contributed by atoms with Crippen LogP contribution < -0.4 is 5.32 Å². The third kappa shape index (κ3) is 5.26. The molecule has 0 aliphatic rings. The SMILES string of the molecule is CN(C)S(=O)(=O)c1cccc(C(=O)OCC(=O)Nc2ccc(I)cc2)c1. The molecule has 0 radical (unpaired) electrons. The molecule has 26 heavy (non-hydrogen) atoms. The molecule has 9 heteroatoms. The van der Waals surface area contributed by atoms with Gasteiger partial charge in [-0.25, -0.2) is 17.5 Å². The summed E-state index contributed by atoms with van der Waals surface area (Å²) in [6.45, 7) is -0.477. The Labute approximate surface area is 165 Å². The number of hydrogen-bond donors (Lipinski definition) is 1. The van der Waals surface area contributed by atoms with Crippen LogP contribution in [-0.2, 0) is 19.6 Å². The van der Waals surface area contributed by atoms with E-state index in [-0.39, 0.29) is 10.5 Å². The van der Waals surface area contributed by atoms with Crippen molar-refractivity contribution in [3.63, 3.8) is 0 Å². The van der Waals surface area contributed by atoms with E-state index in [0.29, 0.717) is 5.69 Å². The summed E-state index contributed by atoms with van der Waals surface area (Å²) in [6, 6.07) is 12.6. The molecule has 0 saturated heterocycles. The average Bonchev–Trinajstić information content (AvgIpc) is 2.61. The fraction of sp³-hybridized carbons (Fsp3) is 0.176. The molecule has 7 nitrogen and oxygen atoms in total. The molecule has 0 atom stereocenters. The minimum absolute atomic E-state index is 0.0275. The van der Waals surface area contributed by atoms with Gasteiger partial charge in [-0.15, -0.1) is 0 Å². The zero-order valence-corrected chi connectivity index (χ0v) is 17.1. The van der Waals surface area contributed by atoms with E-state index in [9.17, 15) is 18.0 Å². The molecule has 138 valence electrons. The number of sulfonamides is 1. The lowest BCUT2D eigenvalue weighted by Gasteiger charge is -2.12. The number of nitrogens with one attached hydrogen (secondary N) is 1. The summed E-state index contributed by atoms with van der Waals surface area (Å²) in [4.78, 5) is 23.9. The highest BCUT2D eigenvalue weighted by molar-refractivity contribution is 14.1. The van der Waals surface area contributed by atoms with E-state index in [4.69, 9.17) is 4.74 Å². The Kier molecular flexibility index (Phi) is 6.73. The summed E-state index contributed by atoms with van der Waals surface area (Å²) < 4.78 is 31.2. The van der Waals surface area contributed by atoms with Gasteiger partial charge in [0.1, 0.15) is 0 Å². The van der Waals surface area contributed by atoms with E-state index in [1.54, 1.807) is 12.1 Å². The van der Waals surface area contributed by atoms with Crippen molar-refractivity contribution in [3.8, 4) is 0 Å². The van der Waals surface area contributed by atoms with Crippen LogP contribution >= 0.6 is 22.6 Å². The maximum atomic E-state index is 12.1. The highest BCUT2D eigenvalue weighted by Crippen LogP contribution is 2.16. The van der Waals surface area contributed by atoms with Gasteiger partial charge in [0.15, 0.2) is 6.61 Å². The molecule has 0 heterocycles. The van der Waals surface area contributed by atoms with E-state index < -0.39 is 28.5 Å². The van der Waals surface area contributed by atoms with E-state index in [0.717, 1.165) is 7.88 Å². The number of amides is 1. The standard InChI is InChI=1S/C17H17IN2O5S/c1-20(2)26(23,24)15-5-3-4-12(10-15)17(22)25-11-16(21)19-14-8-6-13(18)7-9-14/h3-10H,11H2,1-2H3,(H,19,21). The molecule has 2 aromatic rings. The number of carbonyl (C=O) groups is 2. The fourth-order valence-electron chi connectivity index (χ4n) is 1.94. The smallest absolute Gasteiger partial charge is 0.338 e. The first kappa shape index (κ1) is 20.3. The van der Waals surface area contributed by atoms with Crippen LogP contribution in [0.1, 0.15) is 10.4 Å². The number of rotatable bonds is 6. The highest BCUT2D eigenvalue weighted by atomic mass is 127. The normalized spacial score (nSPS) is 11.2. The molecule has 0 aliphatic carbocycles. The lowest BCUT2D eigenvalue weighted by molar-refractivity contribution is -0.119. The minimum atomic E-state index is -3.66. The second kappa shape index (κ2) is 8.60. The Hall–Kier alpha value is -1.98. The second-order valence-electron chi connectivity index (χ2n) is 5.45. The van der Waals surface area contributed by atoms with Crippen molar-refractivity contribution >= 4 is 50.2 Å². The van der Waals surface area contributed by atoms with Crippen LogP contribution in [-0.4, -0.2) is 45.3 Å².